The molecule has 3 aromatic carbocycles. The Morgan fingerprint density at radius 1 is 0.750 bits per heavy atom. The predicted octanol–water partition coefficient (Wildman–Crippen LogP) is 5.39. The smallest absolute Gasteiger partial charge is 0.0925 e. The van der Waals surface area contributed by atoms with Crippen LogP contribution in [0.5, 0.6) is 0 Å². The summed E-state index contributed by atoms with van der Waals surface area (Å²) in [4.78, 5) is -0.448. The van der Waals surface area contributed by atoms with Gasteiger partial charge in [0.2, 0.25) is 0 Å². The first kappa shape index (κ1) is 20.7. The van der Waals surface area contributed by atoms with Crippen LogP contribution >= 0.6 is 11.8 Å². The lowest BCUT2D eigenvalue weighted by atomic mass is 9.84. The quantitative estimate of drug-likeness (QED) is 0.292. The van der Waals surface area contributed by atoms with Crippen molar-refractivity contribution in [3.05, 3.63) is 108 Å². The van der Waals surface area contributed by atoms with E-state index in [1.54, 1.807) is 0 Å². The van der Waals surface area contributed by atoms with Gasteiger partial charge in [0.25, 0.3) is 0 Å². The molecule has 1 atom stereocenters. The van der Waals surface area contributed by atoms with Gasteiger partial charge in [-0.05, 0) is 36.6 Å². The van der Waals surface area contributed by atoms with Crippen molar-refractivity contribution >= 4 is 11.8 Å². The molecule has 3 N–H and O–H groups in total. The summed E-state index contributed by atoms with van der Waals surface area (Å²) in [5.74, 6) is 0. The molecule has 2 nitrogen and oxygen atoms in total. The molecule has 0 spiro atoms. The van der Waals surface area contributed by atoms with Crippen molar-refractivity contribution in [1.82, 2.24) is 5.32 Å². The number of nitrogens with one attached hydrogen (secondary N) is 1. The highest BCUT2D eigenvalue weighted by molar-refractivity contribution is 8.01. The summed E-state index contributed by atoms with van der Waals surface area (Å²) in [6.07, 6.45) is 1.10. The maximum atomic E-state index is 6.86. The van der Waals surface area contributed by atoms with Crippen LogP contribution in [0.2, 0.25) is 0 Å². The van der Waals surface area contributed by atoms with Crippen molar-refractivity contribution in [2.24, 2.45) is 5.73 Å². The molecule has 0 aliphatic carbocycles. The SMILES string of the molecule is CCCNCC(C)(N)SC(c1ccccc1)(c1ccccc1)c1ccccc1. The highest BCUT2D eigenvalue weighted by Crippen LogP contribution is 2.51. The second-order valence-electron chi connectivity index (χ2n) is 7.37. The fraction of sp³-hybridized carbons (Fsp3) is 0.280. The van der Waals surface area contributed by atoms with Crippen LogP contribution < -0.4 is 11.1 Å². The minimum Gasteiger partial charge on any atom is -0.316 e. The lowest BCUT2D eigenvalue weighted by Gasteiger charge is -2.41. The minimum absolute atomic E-state index is 0.388. The third-order valence-corrected chi connectivity index (χ3v) is 6.45. The summed E-state index contributed by atoms with van der Waals surface area (Å²) in [5, 5.41) is 3.51. The second kappa shape index (κ2) is 9.42. The van der Waals surface area contributed by atoms with Crippen molar-refractivity contribution in [3.63, 3.8) is 0 Å². The molecule has 0 bridgehead atoms. The second-order valence-corrected chi connectivity index (χ2v) is 9.12. The van der Waals surface area contributed by atoms with Crippen LogP contribution in [0.1, 0.15) is 37.0 Å². The summed E-state index contributed by atoms with van der Waals surface area (Å²) in [5.41, 5.74) is 10.6. The van der Waals surface area contributed by atoms with E-state index in [-0.39, 0.29) is 4.75 Å². The van der Waals surface area contributed by atoms with Crippen LogP contribution in [0.3, 0.4) is 0 Å². The Hall–Kier alpha value is -2.07. The van der Waals surface area contributed by atoms with Crippen LogP contribution in [0.15, 0.2) is 91.0 Å². The standard InChI is InChI=1S/C25H30N2S/c1-3-19-27-20-24(2,26)28-25(21-13-7-4-8-14-21,22-15-9-5-10-16-22)23-17-11-6-12-18-23/h4-18,27H,3,19-20,26H2,1-2H3. The molecule has 3 rings (SSSR count). The molecule has 0 aromatic heterocycles. The van der Waals surface area contributed by atoms with Crippen molar-refractivity contribution in [1.29, 1.82) is 0 Å². The summed E-state index contributed by atoms with van der Waals surface area (Å²) in [6, 6.07) is 32.1. The number of hydrogen-bond acceptors (Lipinski definition) is 3. The largest absolute Gasteiger partial charge is 0.316 e. The lowest BCUT2D eigenvalue weighted by molar-refractivity contribution is 0.564. The Bertz CT molecular complexity index is 736. The number of rotatable bonds is 9. The molecule has 146 valence electrons. The van der Waals surface area contributed by atoms with Gasteiger partial charge in [0.15, 0.2) is 0 Å². The highest BCUT2D eigenvalue weighted by atomic mass is 32.2. The summed E-state index contributed by atoms with van der Waals surface area (Å²) >= 11 is 1.82. The molecule has 0 amide bonds. The van der Waals surface area contributed by atoms with Crippen LogP contribution in [-0.2, 0) is 4.75 Å². The highest BCUT2D eigenvalue weighted by Gasteiger charge is 2.42. The molecule has 0 heterocycles. The van der Waals surface area contributed by atoms with Gasteiger partial charge >= 0.3 is 0 Å². The number of nitrogens with two attached hydrogens (primary N) is 1. The summed E-state index contributed by atoms with van der Waals surface area (Å²) in [7, 11) is 0. The van der Waals surface area contributed by atoms with Gasteiger partial charge in [-0.25, -0.2) is 0 Å². The number of hydrogen-bond donors (Lipinski definition) is 2. The zero-order valence-electron chi connectivity index (χ0n) is 16.8. The van der Waals surface area contributed by atoms with E-state index in [4.69, 9.17) is 5.73 Å². The van der Waals surface area contributed by atoms with E-state index in [9.17, 15) is 0 Å². The molecule has 3 heteroatoms. The molecule has 0 saturated carbocycles. The third kappa shape index (κ3) is 4.67. The van der Waals surface area contributed by atoms with Gasteiger partial charge in [-0.1, -0.05) is 97.9 Å². The zero-order valence-corrected chi connectivity index (χ0v) is 17.6. The van der Waals surface area contributed by atoms with E-state index < -0.39 is 4.87 Å². The molecular weight excluding hydrogens is 360 g/mol. The van der Waals surface area contributed by atoms with E-state index in [1.807, 2.05) is 11.8 Å². The predicted molar refractivity (Wildman–Crippen MR) is 123 cm³/mol. The van der Waals surface area contributed by atoms with Gasteiger partial charge in [-0.3, -0.25) is 0 Å². The number of benzene rings is 3. The Morgan fingerprint density at radius 3 is 1.50 bits per heavy atom. The monoisotopic (exact) mass is 390 g/mol. The Morgan fingerprint density at radius 2 is 1.14 bits per heavy atom. The normalized spacial score (nSPS) is 13.8. The van der Waals surface area contributed by atoms with E-state index in [0.717, 1.165) is 19.5 Å². The van der Waals surface area contributed by atoms with E-state index >= 15 is 0 Å². The minimum atomic E-state index is -0.448. The van der Waals surface area contributed by atoms with Crippen molar-refractivity contribution in [2.45, 2.75) is 29.9 Å². The van der Waals surface area contributed by atoms with E-state index in [0.29, 0.717) is 0 Å². The molecule has 0 radical (unpaired) electrons. The maximum Gasteiger partial charge on any atom is 0.0925 e. The molecular formula is C25H30N2S. The Balaban J connectivity index is 2.17. The van der Waals surface area contributed by atoms with Gasteiger partial charge in [0.1, 0.15) is 0 Å². The van der Waals surface area contributed by atoms with Gasteiger partial charge in [-0.2, -0.15) is 0 Å². The van der Waals surface area contributed by atoms with Crippen LogP contribution in [0.25, 0.3) is 0 Å². The molecule has 28 heavy (non-hydrogen) atoms. The fourth-order valence-corrected chi connectivity index (χ4v) is 5.23. The van der Waals surface area contributed by atoms with Crippen molar-refractivity contribution in [3.8, 4) is 0 Å². The maximum absolute atomic E-state index is 6.86. The van der Waals surface area contributed by atoms with Gasteiger partial charge < -0.3 is 11.1 Å². The Labute approximate surface area is 173 Å². The van der Waals surface area contributed by atoms with Crippen LogP contribution in [0, 0.1) is 0 Å². The van der Waals surface area contributed by atoms with E-state index in [2.05, 4.69) is 110 Å². The average molecular weight is 391 g/mol. The van der Waals surface area contributed by atoms with Crippen molar-refractivity contribution in [2.75, 3.05) is 13.1 Å². The first-order valence-corrected chi connectivity index (χ1v) is 10.8. The number of thioether (sulfide) groups is 1. The topological polar surface area (TPSA) is 38.0 Å². The van der Waals surface area contributed by atoms with Crippen LogP contribution in [-0.4, -0.2) is 18.0 Å². The molecule has 1 unspecified atom stereocenters. The van der Waals surface area contributed by atoms with Crippen LogP contribution in [0.4, 0.5) is 0 Å². The molecule has 0 aliphatic rings. The molecule has 0 aliphatic heterocycles. The first-order valence-electron chi connectivity index (χ1n) is 9.95. The fourth-order valence-electron chi connectivity index (χ4n) is 3.59. The lowest BCUT2D eigenvalue weighted by Crippen LogP contribution is -2.47. The van der Waals surface area contributed by atoms with Gasteiger partial charge in [-0.15, -0.1) is 11.8 Å². The van der Waals surface area contributed by atoms with Gasteiger partial charge in [0.05, 0.1) is 9.62 Å². The molecule has 0 saturated heterocycles. The molecule has 3 aromatic rings. The van der Waals surface area contributed by atoms with E-state index in [1.165, 1.54) is 16.7 Å². The first-order chi connectivity index (χ1) is 13.6. The molecule has 0 fully saturated rings. The average Bonchev–Trinajstić information content (AvgIpc) is 2.74. The summed E-state index contributed by atoms with van der Waals surface area (Å²) in [6.45, 7) is 6.03. The zero-order chi connectivity index (χ0) is 19.9. The Kier molecular flexibility index (Phi) is 6.95. The van der Waals surface area contributed by atoms with Gasteiger partial charge in [0, 0.05) is 6.54 Å². The van der Waals surface area contributed by atoms with Crippen molar-refractivity contribution < 1.29 is 0 Å². The summed E-state index contributed by atoms with van der Waals surface area (Å²) < 4.78 is -0.388. The third-order valence-electron chi connectivity index (χ3n) is 4.83.